The molecule has 7 aromatic carbocycles. The summed E-state index contributed by atoms with van der Waals surface area (Å²) in [7, 11) is 0. The van der Waals surface area contributed by atoms with E-state index in [1.165, 1.54) is 0 Å². The van der Waals surface area contributed by atoms with E-state index in [-0.39, 0.29) is 0 Å². The predicted octanol–water partition coefficient (Wildman–Crippen LogP) is 11.5. The molecule has 0 radical (unpaired) electrons. The van der Waals surface area contributed by atoms with Gasteiger partial charge in [-0.2, -0.15) is 5.26 Å². The van der Waals surface area contributed by atoms with E-state index in [9.17, 15) is 5.26 Å². The Kier molecular flexibility index (Phi) is 8.36. The van der Waals surface area contributed by atoms with Crippen LogP contribution < -0.4 is 0 Å². The smallest absolute Gasteiger partial charge is 0.167 e. The lowest BCUT2D eigenvalue weighted by Crippen LogP contribution is -2.00. The second kappa shape index (κ2) is 14.3. The topological polar surface area (TPSA) is 114 Å². The van der Waals surface area contributed by atoms with E-state index < -0.39 is 0 Å². The first-order valence-corrected chi connectivity index (χ1v) is 18.4. The summed E-state index contributed by atoms with van der Waals surface area (Å²) in [6.07, 6.45) is 0. The summed E-state index contributed by atoms with van der Waals surface area (Å²) < 4.78 is 6.70. The highest BCUT2D eigenvalue weighted by atomic mass is 16.3. The van der Waals surface area contributed by atoms with Crippen LogP contribution in [0.15, 0.2) is 180 Å². The van der Waals surface area contributed by atoms with E-state index in [2.05, 4.69) is 12.1 Å². The molecule has 0 aliphatic heterocycles. The molecule has 10 rings (SSSR count). The van der Waals surface area contributed by atoms with E-state index in [0.29, 0.717) is 51.7 Å². The quantitative estimate of drug-likeness (QED) is 0.159. The van der Waals surface area contributed by atoms with Gasteiger partial charge in [-0.15, -0.1) is 0 Å². The molecule has 10 aromatic rings. The van der Waals surface area contributed by atoms with Gasteiger partial charge < -0.3 is 4.42 Å². The molecule has 57 heavy (non-hydrogen) atoms. The standard InChI is InChI=1S/C49H29N7O/c50-30-37-19-10-11-20-38(37)31-23-25-35(26-24-31)47-51-44(32-13-4-1-5-14-32)53-48(54-47)36-27-28-39-40-21-12-22-41(43(40)57-42(39)29-36)49-55-45(33-15-6-2-7-16-33)52-46(56-49)34-17-8-3-9-18-34/h1-29H. The maximum atomic E-state index is 9.67. The van der Waals surface area contributed by atoms with Crippen molar-refractivity contribution >= 4 is 21.9 Å². The Hall–Kier alpha value is -8.15. The fourth-order valence-electron chi connectivity index (χ4n) is 7.02. The van der Waals surface area contributed by atoms with Crippen molar-refractivity contribution < 1.29 is 4.42 Å². The van der Waals surface area contributed by atoms with Crippen molar-refractivity contribution in [1.29, 1.82) is 5.26 Å². The van der Waals surface area contributed by atoms with Gasteiger partial charge >= 0.3 is 0 Å². The molecule has 266 valence electrons. The third kappa shape index (κ3) is 6.35. The number of para-hydroxylation sites is 1. The van der Waals surface area contributed by atoms with Crippen LogP contribution in [0, 0.1) is 11.3 Å². The first kappa shape index (κ1) is 33.4. The zero-order valence-corrected chi connectivity index (χ0v) is 30.3. The lowest BCUT2D eigenvalue weighted by molar-refractivity contribution is 0.669. The number of benzene rings is 7. The van der Waals surface area contributed by atoms with Crippen LogP contribution in [0.1, 0.15) is 5.56 Å². The summed E-state index contributed by atoms with van der Waals surface area (Å²) in [5, 5.41) is 11.6. The van der Waals surface area contributed by atoms with Crippen molar-refractivity contribution in [2.75, 3.05) is 0 Å². The largest absolute Gasteiger partial charge is 0.455 e. The van der Waals surface area contributed by atoms with Gasteiger partial charge in [0.15, 0.2) is 34.9 Å². The molecule has 0 spiro atoms. The summed E-state index contributed by atoms with van der Waals surface area (Å²) in [5.41, 5.74) is 8.81. The second-order valence-electron chi connectivity index (χ2n) is 13.4. The minimum absolute atomic E-state index is 0.512. The number of hydrogen-bond acceptors (Lipinski definition) is 8. The number of nitriles is 1. The average molecular weight is 732 g/mol. The third-order valence-corrected chi connectivity index (χ3v) is 9.87. The third-order valence-electron chi connectivity index (χ3n) is 9.87. The molecule has 0 aliphatic rings. The summed E-state index contributed by atoms with van der Waals surface area (Å²) in [6, 6.07) is 59.6. The van der Waals surface area contributed by atoms with Crippen molar-refractivity contribution in [3.63, 3.8) is 0 Å². The highest BCUT2D eigenvalue weighted by molar-refractivity contribution is 6.09. The molecule has 3 aromatic heterocycles. The molecule has 0 atom stereocenters. The van der Waals surface area contributed by atoms with Crippen molar-refractivity contribution in [1.82, 2.24) is 29.9 Å². The van der Waals surface area contributed by atoms with E-state index in [0.717, 1.165) is 55.3 Å². The van der Waals surface area contributed by atoms with Crippen molar-refractivity contribution in [3.8, 4) is 85.5 Å². The van der Waals surface area contributed by atoms with Crippen LogP contribution in [0.2, 0.25) is 0 Å². The van der Waals surface area contributed by atoms with Gasteiger partial charge in [-0.1, -0.05) is 152 Å². The minimum Gasteiger partial charge on any atom is -0.455 e. The highest BCUT2D eigenvalue weighted by Crippen LogP contribution is 2.38. The number of rotatable bonds is 7. The Bertz CT molecular complexity index is 3060. The van der Waals surface area contributed by atoms with Gasteiger partial charge in [0.05, 0.1) is 17.2 Å². The first-order valence-electron chi connectivity index (χ1n) is 18.4. The van der Waals surface area contributed by atoms with Crippen molar-refractivity contribution in [2.45, 2.75) is 0 Å². The molecule has 8 heteroatoms. The molecule has 0 unspecified atom stereocenters. The van der Waals surface area contributed by atoms with E-state index in [1.807, 2.05) is 170 Å². The van der Waals surface area contributed by atoms with Gasteiger partial charge in [0, 0.05) is 38.6 Å². The minimum atomic E-state index is 0.512. The molecule has 0 saturated heterocycles. The SMILES string of the molecule is N#Cc1ccccc1-c1ccc(-c2nc(-c3ccccc3)nc(-c3ccc4c(c3)oc3c(-c5nc(-c6ccccc6)nc(-c6ccccc6)n5)cccc34)n2)cc1. The van der Waals surface area contributed by atoms with E-state index >= 15 is 0 Å². The van der Waals surface area contributed by atoms with E-state index in [1.54, 1.807) is 0 Å². The Labute approximate surface area is 327 Å². The molecule has 0 bridgehead atoms. The van der Waals surface area contributed by atoms with Crippen molar-refractivity contribution in [2.24, 2.45) is 0 Å². The Balaban J connectivity index is 1.09. The van der Waals surface area contributed by atoms with Crippen LogP contribution in [0.3, 0.4) is 0 Å². The molecular weight excluding hydrogens is 703 g/mol. The molecule has 0 amide bonds. The molecule has 0 aliphatic carbocycles. The van der Waals surface area contributed by atoms with Crippen LogP contribution in [0.5, 0.6) is 0 Å². The molecular formula is C49H29N7O. The molecule has 3 heterocycles. The van der Waals surface area contributed by atoms with Gasteiger partial charge in [-0.25, -0.2) is 29.9 Å². The summed E-state index contributed by atoms with van der Waals surface area (Å²) in [6.45, 7) is 0. The summed E-state index contributed by atoms with van der Waals surface area (Å²) in [5.74, 6) is 3.28. The van der Waals surface area contributed by atoms with Crippen LogP contribution in [-0.2, 0) is 0 Å². The Morgan fingerprint density at radius 3 is 1.35 bits per heavy atom. The maximum Gasteiger partial charge on any atom is 0.167 e. The van der Waals surface area contributed by atoms with Crippen LogP contribution in [-0.4, -0.2) is 29.9 Å². The highest BCUT2D eigenvalue weighted by Gasteiger charge is 2.19. The number of furan rings is 1. The van der Waals surface area contributed by atoms with Crippen LogP contribution in [0.25, 0.3) is 101 Å². The Morgan fingerprint density at radius 2 is 0.789 bits per heavy atom. The lowest BCUT2D eigenvalue weighted by atomic mass is 9.99. The van der Waals surface area contributed by atoms with Crippen LogP contribution in [0.4, 0.5) is 0 Å². The normalized spacial score (nSPS) is 11.1. The second-order valence-corrected chi connectivity index (χ2v) is 13.4. The summed E-state index contributed by atoms with van der Waals surface area (Å²) in [4.78, 5) is 29.7. The summed E-state index contributed by atoms with van der Waals surface area (Å²) >= 11 is 0. The van der Waals surface area contributed by atoms with Gasteiger partial charge in [0.2, 0.25) is 0 Å². The zero-order chi connectivity index (χ0) is 38.1. The van der Waals surface area contributed by atoms with Crippen molar-refractivity contribution in [3.05, 3.63) is 181 Å². The van der Waals surface area contributed by atoms with Gasteiger partial charge in [-0.05, 0) is 35.4 Å². The monoisotopic (exact) mass is 731 g/mol. The first-order chi connectivity index (χ1) is 28.2. The number of nitrogens with zero attached hydrogens (tertiary/aromatic N) is 7. The number of aromatic nitrogens is 6. The van der Waals surface area contributed by atoms with E-state index in [4.69, 9.17) is 34.3 Å². The van der Waals surface area contributed by atoms with Gasteiger partial charge in [0.1, 0.15) is 11.2 Å². The van der Waals surface area contributed by atoms with Gasteiger partial charge in [0.25, 0.3) is 0 Å². The molecule has 8 nitrogen and oxygen atoms in total. The number of hydrogen-bond donors (Lipinski definition) is 0. The van der Waals surface area contributed by atoms with Gasteiger partial charge in [-0.3, -0.25) is 0 Å². The Morgan fingerprint density at radius 1 is 0.351 bits per heavy atom. The predicted molar refractivity (Wildman–Crippen MR) is 223 cm³/mol. The fourth-order valence-corrected chi connectivity index (χ4v) is 7.02. The average Bonchev–Trinajstić information content (AvgIpc) is 3.68. The lowest BCUT2D eigenvalue weighted by Gasteiger charge is -2.09. The molecule has 0 N–H and O–H groups in total. The molecule has 0 saturated carbocycles. The fraction of sp³-hybridized carbons (Fsp3) is 0. The maximum absolute atomic E-state index is 9.67. The zero-order valence-electron chi connectivity index (χ0n) is 30.3. The number of fused-ring (bicyclic) bond motifs is 3. The van der Waals surface area contributed by atoms with Crippen LogP contribution >= 0.6 is 0 Å². The molecule has 0 fully saturated rings.